The summed E-state index contributed by atoms with van der Waals surface area (Å²) in [6.07, 6.45) is 2.24. The zero-order valence-corrected chi connectivity index (χ0v) is 12.9. The summed E-state index contributed by atoms with van der Waals surface area (Å²) in [5.74, 6) is 0. The monoisotopic (exact) mass is 304 g/mol. The van der Waals surface area contributed by atoms with Crippen molar-refractivity contribution in [3.05, 3.63) is 58.6 Å². The summed E-state index contributed by atoms with van der Waals surface area (Å²) in [7, 11) is 0. The van der Waals surface area contributed by atoms with Gasteiger partial charge in [0.25, 0.3) is 0 Å². The molecule has 0 bridgehead atoms. The Kier molecular flexibility index (Phi) is 4.99. The molecule has 0 aliphatic heterocycles. The van der Waals surface area contributed by atoms with Crippen LogP contribution in [0.2, 0.25) is 5.02 Å². The van der Waals surface area contributed by atoms with Gasteiger partial charge in [-0.2, -0.15) is 0 Å². The molecule has 2 nitrogen and oxygen atoms in total. The summed E-state index contributed by atoms with van der Waals surface area (Å²) in [6.45, 7) is 2.17. The summed E-state index contributed by atoms with van der Waals surface area (Å²) >= 11 is 11.1. The lowest BCUT2D eigenvalue weighted by Crippen LogP contribution is -2.11. The second-order valence-corrected chi connectivity index (χ2v) is 5.50. The highest BCUT2D eigenvalue weighted by molar-refractivity contribution is 7.80. The standard InChI is InChI=1S/C16H17ClN2S/c1-2-3-11-4-7-13(8-5-11)19-15-10-12(17)6-9-14(15)16(18)20/h4-10,19H,2-3H2,1H3,(H2,18,20). The number of hydrogen-bond acceptors (Lipinski definition) is 2. The van der Waals surface area contributed by atoms with Crippen LogP contribution in [0, 0.1) is 0 Å². The van der Waals surface area contributed by atoms with E-state index < -0.39 is 0 Å². The molecule has 0 aliphatic rings. The predicted octanol–water partition coefficient (Wildman–Crippen LogP) is 4.67. The lowest BCUT2D eigenvalue weighted by molar-refractivity contribution is 0.922. The summed E-state index contributed by atoms with van der Waals surface area (Å²) in [5, 5.41) is 3.96. The molecule has 0 atom stereocenters. The highest BCUT2D eigenvalue weighted by Gasteiger charge is 2.06. The molecule has 0 spiro atoms. The minimum atomic E-state index is 0.353. The first kappa shape index (κ1) is 14.8. The second-order valence-electron chi connectivity index (χ2n) is 4.63. The number of thiocarbonyl (C=S) groups is 1. The maximum atomic E-state index is 6.03. The van der Waals surface area contributed by atoms with Crippen LogP contribution in [0.25, 0.3) is 0 Å². The normalized spacial score (nSPS) is 10.3. The Balaban J connectivity index is 2.25. The smallest absolute Gasteiger partial charge is 0.106 e. The van der Waals surface area contributed by atoms with Crippen molar-refractivity contribution >= 4 is 40.2 Å². The van der Waals surface area contributed by atoms with Crippen LogP contribution in [0.1, 0.15) is 24.5 Å². The van der Waals surface area contributed by atoms with Crippen molar-refractivity contribution in [1.82, 2.24) is 0 Å². The zero-order valence-electron chi connectivity index (χ0n) is 11.3. The van der Waals surface area contributed by atoms with E-state index in [0.29, 0.717) is 10.0 Å². The number of hydrogen-bond donors (Lipinski definition) is 2. The van der Waals surface area contributed by atoms with Crippen molar-refractivity contribution in [2.24, 2.45) is 5.73 Å². The molecule has 2 aromatic carbocycles. The molecule has 0 radical (unpaired) electrons. The van der Waals surface area contributed by atoms with E-state index in [-0.39, 0.29) is 0 Å². The van der Waals surface area contributed by atoms with Crippen LogP contribution in [0.4, 0.5) is 11.4 Å². The Morgan fingerprint density at radius 3 is 2.50 bits per heavy atom. The van der Waals surface area contributed by atoms with Gasteiger partial charge in [-0.15, -0.1) is 0 Å². The van der Waals surface area contributed by atoms with Gasteiger partial charge >= 0.3 is 0 Å². The molecule has 4 heteroatoms. The van der Waals surface area contributed by atoms with Gasteiger partial charge in [-0.3, -0.25) is 0 Å². The van der Waals surface area contributed by atoms with Gasteiger partial charge in [-0.05, 0) is 42.3 Å². The van der Waals surface area contributed by atoms with E-state index in [2.05, 4.69) is 36.5 Å². The number of nitrogens with two attached hydrogens (primary N) is 1. The van der Waals surface area contributed by atoms with E-state index in [9.17, 15) is 0 Å². The Bertz CT molecular complexity index is 608. The van der Waals surface area contributed by atoms with Gasteiger partial charge in [0, 0.05) is 16.3 Å². The third kappa shape index (κ3) is 3.71. The third-order valence-corrected chi connectivity index (χ3v) is 3.47. The predicted molar refractivity (Wildman–Crippen MR) is 91.1 cm³/mol. The Morgan fingerprint density at radius 1 is 1.20 bits per heavy atom. The van der Waals surface area contributed by atoms with Crippen LogP contribution < -0.4 is 11.1 Å². The minimum Gasteiger partial charge on any atom is -0.389 e. The molecule has 0 heterocycles. The SMILES string of the molecule is CCCc1ccc(Nc2cc(Cl)ccc2C(N)=S)cc1. The fourth-order valence-corrected chi connectivity index (χ4v) is 2.38. The van der Waals surface area contributed by atoms with E-state index in [0.717, 1.165) is 29.8 Å². The summed E-state index contributed by atoms with van der Waals surface area (Å²) in [6, 6.07) is 13.8. The maximum absolute atomic E-state index is 6.03. The highest BCUT2D eigenvalue weighted by Crippen LogP contribution is 2.25. The number of halogens is 1. The Labute approximate surface area is 130 Å². The van der Waals surface area contributed by atoms with E-state index >= 15 is 0 Å². The molecule has 104 valence electrons. The Hall–Kier alpha value is -1.58. The van der Waals surface area contributed by atoms with Crippen LogP contribution in [0.15, 0.2) is 42.5 Å². The average Bonchev–Trinajstić information content (AvgIpc) is 2.41. The van der Waals surface area contributed by atoms with E-state index in [1.165, 1.54) is 5.56 Å². The van der Waals surface area contributed by atoms with E-state index in [1.54, 1.807) is 6.07 Å². The van der Waals surface area contributed by atoms with Crippen molar-refractivity contribution in [2.45, 2.75) is 19.8 Å². The van der Waals surface area contributed by atoms with Gasteiger partial charge in [0.1, 0.15) is 4.99 Å². The van der Waals surface area contributed by atoms with Crippen molar-refractivity contribution in [2.75, 3.05) is 5.32 Å². The first-order valence-corrected chi connectivity index (χ1v) is 7.34. The summed E-state index contributed by atoms with van der Waals surface area (Å²) < 4.78 is 0. The largest absolute Gasteiger partial charge is 0.389 e. The number of rotatable bonds is 5. The molecule has 0 aliphatic carbocycles. The van der Waals surface area contributed by atoms with E-state index in [1.807, 2.05) is 12.1 Å². The zero-order chi connectivity index (χ0) is 14.5. The first-order chi connectivity index (χ1) is 9.60. The van der Waals surface area contributed by atoms with Crippen molar-refractivity contribution < 1.29 is 0 Å². The fourth-order valence-electron chi connectivity index (χ4n) is 2.03. The highest BCUT2D eigenvalue weighted by atomic mass is 35.5. The second kappa shape index (κ2) is 6.73. The molecule has 0 unspecified atom stereocenters. The third-order valence-electron chi connectivity index (χ3n) is 3.02. The molecule has 2 aromatic rings. The quantitative estimate of drug-likeness (QED) is 0.788. The molecule has 0 saturated carbocycles. The Morgan fingerprint density at radius 2 is 1.90 bits per heavy atom. The van der Waals surface area contributed by atoms with Crippen LogP contribution in [0.5, 0.6) is 0 Å². The number of benzene rings is 2. The van der Waals surface area contributed by atoms with Gasteiger partial charge < -0.3 is 11.1 Å². The minimum absolute atomic E-state index is 0.353. The molecule has 0 amide bonds. The topological polar surface area (TPSA) is 38.0 Å². The van der Waals surface area contributed by atoms with Gasteiger partial charge in [0.05, 0.1) is 5.69 Å². The van der Waals surface area contributed by atoms with Crippen LogP contribution in [-0.2, 0) is 6.42 Å². The van der Waals surface area contributed by atoms with Crippen LogP contribution in [-0.4, -0.2) is 4.99 Å². The number of aryl methyl sites for hydroxylation is 1. The first-order valence-electron chi connectivity index (χ1n) is 6.55. The summed E-state index contributed by atoms with van der Waals surface area (Å²) in [4.78, 5) is 0.353. The van der Waals surface area contributed by atoms with Crippen molar-refractivity contribution in [1.29, 1.82) is 0 Å². The number of anilines is 2. The van der Waals surface area contributed by atoms with Crippen LogP contribution >= 0.6 is 23.8 Å². The molecular formula is C16H17ClN2S. The molecule has 0 saturated heterocycles. The number of nitrogens with one attached hydrogen (secondary N) is 1. The average molecular weight is 305 g/mol. The molecule has 0 fully saturated rings. The van der Waals surface area contributed by atoms with Gasteiger partial charge in [-0.25, -0.2) is 0 Å². The van der Waals surface area contributed by atoms with E-state index in [4.69, 9.17) is 29.6 Å². The van der Waals surface area contributed by atoms with Crippen molar-refractivity contribution in [3.8, 4) is 0 Å². The van der Waals surface area contributed by atoms with Gasteiger partial charge in [0.15, 0.2) is 0 Å². The molecular weight excluding hydrogens is 288 g/mol. The molecule has 0 aromatic heterocycles. The van der Waals surface area contributed by atoms with Crippen LogP contribution in [0.3, 0.4) is 0 Å². The van der Waals surface area contributed by atoms with Gasteiger partial charge in [0.2, 0.25) is 0 Å². The molecule has 3 N–H and O–H groups in total. The van der Waals surface area contributed by atoms with Gasteiger partial charge in [-0.1, -0.05) is 49.3 Å². The fraction of sp³-hybridized carbons (Fsp3) is 0.188. The maximum Gasteiger partial charge on any atom is 0.106 e. The lowest BCUT2D eigenvalue weighted by Gasteiger charge is -2.12. The summed E-state index contributed by atoms with van der Waals surface area (Å²) in [5.41, 5.74) is 9.67. The molecule has 2 rings (SSSR count). The molecule has 20 heavy (non-hydrogen) atoms. The lowest BCUT2D eigenvalue weighted by atomic mass is 10.1. The van der Waals surface area contributed by atoms with Crippen molar-refractivity contribution in [3.63, 3.8) is 0 Å².